The van der Waals surface area contributed by atoms with Gasteiger partial charge in [0.15, 0.2) is 0 Å². The molecule has 2 aliphatic carbocycles. The Morgan fingerprint density at radius 1 is 1.12 bits per heavy atom. The number of ether oxygens (including phenoxy) is 1. The molecule has 24 heavy (non-hydrogen) atoms. The summed E-state index contributed by atoms with van der Waals surface area (Å²) in [4.78, 5) is 12.3. The molecule has 1 aromatic rings. The van der Waals surface area contributed by atoms with Gasteiger partial charge in [0.05, 0.1) is 7.11 Å². The predicted octanol–water partition coefficient (Wildman–Crippen LogP) is 4.14. The van der Waals surface area contributed by atoms with Crippen LogP contribution in [0, 0.1) is 0 Å². The summed E-state index contributed by atoms with van der Waals surface area (Å²) in [6.07, 6.45) is 10.6. The number of benzene rings is 1. The summed E-state index contributed by atoms with van der Waals surface area (Å²) in [6.45, 7) is 0.686. The number of rotatable bonds is 5. The lowest BCUT2D eigenvalue weighted by molar-refractivity contribution is 0.228. The van der Waals surface area contributed by atoms with Crippen molar-refractivity contribution >= 4 is 6.03 Å². The van der Waals surface area contributed by atoms with Crippen molar-refractivity contribution in [2.45, 2.75) is 69.2 Å². The first-order chi connectivity index (χ1) is 11.7. The van der Waals surface area contributed by atoms with E-state index in [1.54, 1.807) is 7.11 Å². The molecule has 3 rings (SSSR count). The van der Waals surface area contributed by atoms with E-state index in [-0.39, 0.29) is 11.4 Å². The molecule has 0 aromatic heterocycles. The van der Waals surface area contributed by atoms with Gasteiger partial charge in [-0.3, -0.25) is 0 Å². The van der Waals surface area contributed by atoms with E-state index < -0.39 is 0 Å². The minimum absolute atomic E-state index is 0.0104. The minimum Gasteiger partial charge on any atom is -0.496 e. The van der Waals surface area contributed by atoms with Gasteiger partial charge in [0.2, 0.25) is 0 Å². The van der Waals surface area contributed by atoms with Gasteiger partial charge in [0.1, 0.15) is 5.75 Å². The number of methoxy groups -OCH3 is 1. The molecule has 132 valence electrons. The second-order valence-electron chi connectivity index (χ2n) is 7.35. The van der Waals surface area contributed by atoms with Crippen LogP contribution < -0.4 is 15.4 Å². The summed E-state index contributed by atoms with van der Waals surface area (Å²) in [5, 5.41) is 6.32. The summed E-state index contributed by atoms with van der Waals surface area (Å²) in [5.74, 6) is 0.939. The molecule has 2 fully saturated rings. The molecule has 2 aliphatic rings. The molecular formula is C20H30N2O2. The first-order valence-electron chi connectivity index (χ1n) is 9.41. The van der Waals surface area contributed by atoms with Crippen molar-refractivity contribution in [2.24, 2.45) is 0 Å². The Morgan fingerprint density at radius 2 is 1.83 bits per heavy atom. The Morgan fingerprint density at radius 3 is 2.54 bits per heavy atom. The lowest BCUT2D eigenvalue weighted by atomic mass is 9.78. The molecule has 2 amide bonds. The topological polar surface area (TPSA) is 50.4 Å². The second kappa shape index (κ2) is 7.91. The number of nitrogens with one attached hydrogen (secondary N) is 2. The van der Waals surface area contributed by atoms with Crippen molar-refractivity contribution in [1.29, 1.82) is 0 Å². The maximum Gasteiger partial charge on any atom is 0.315 e. The summed E-state index contributed by atoms with van der Waals surface area (Å²) < 4.78 is 5.58. The fourth-order valence-corrected chi connectivity index (χ4v) is 4.41. The van der Waals surface area contributed by atoms with Crippen LogP contribution in [0.1, 0.15) is 63.4 Å². The van der Waals surface area contributed by atoms with Gasteiger partial charge in [0, 0.05) is 23.6 Å². The number of hydrogen-bond donors (Lipinski definition) is 2. The largest absolute Gasteiger partial charge is 0.496 e. The zero-order valence-electron chi connectivity index (χ0n) is 14.8. The molecule has 0 heterocycles. The van der Waals surface area contributed by atoms with Gasteiger partial charge >= 0.3 is 6.03 Å². The highest BCUT2D eigenvalue weighted by molar-refractivity contribution is 5.74. The molecule has 0 saturated heterocycles. The van der Waals surface area contributed by atoms with Gasteiger partial charge in [-0.1, -0.05) is 50.3 Å². The first kappa shape index (κ1) is 17.1. The zero-order valence-corrected chi connectivity index (χ0v) is 14.8. The average molecular weight is 330 g/mol. The third kappa shape index (κ3) is 3.85. The quantitative estimate of drug-likeness (QED) is 0.852. The molecule has 4 heteroatoms. The van der Waals surface area contributed by atoms with Crippen LogP contribution in [0.4, 0.5) is 4.79 Å². The van der Waals surface area contributed by atoms with Gasteiger partial charge in [-0.15, -0.1) is 0 Å². The fourth-order valence-electron chi connectivity index (χ4n) is 4.41. The van der Waals surface area contributed by atoms with Gasteiger partial charge in [-0.2, -0.15) is 0 Å². The van der Waals surface area contributed by atoms with E-state index in [1.807, 2.05) is 12.1 Å². The summed E-state index contributed by atoms with van der Waals surface area (Å²) >= 11 is 0. The van der Waals surface area contributed by atoms with Crippen LogP contribution in [0.15, 0.2) is 24.3 Å². The highest BCUT2D eigenvalue weighted by atomic mass is 16.5. The Hall–Kier alpha value is -1.71. The number of para-hydroxylation sites is 1. The molecule has 0 atom stereocenters. The molecule has 0 spiro atoms. The van der Waals surface area contributed by atoms with Gasteiger partial charge in [-0.05, 0) is 31.7 Å². The van der Waals surface area contributed by atoms with Crippen LogP contribution in [0.25, 0.3) is 0 Å². The third-order valence-corrected chi connectivity index (χ3v) is 5.77. The summed E-state index contributed by atoms with van der Waals surface area (Å²) in [6, 6.07) is 8.60. The number of amides is 2. The van der Waals surface area contributed by atoms with Crippen LogP contribution in [-0.2, 0) is 5.41 Å². The van der Waals surface area contributed by atoms with Gasteiger partial charge in [-0.25, -0.2) is 4.79 Å². The number of carbonyl (C=O) groups excluding carboxylic acids is 1. The molecule has 2 saturated carbocycles. The van der Waals surface area contributed by atoms with Gasteiger partial charge in [0.25, 0.3) is 0 Å². The monoisotopic (exact) mass is 330 g/mol. The van der Waals surface area contributed by atoms with Crippen LogP contribution in [0.2, 0.25) is 0 Å². The average Bonchev–Trinajstić information content (AvgIpc) is 3.11. The highest BCUT2D eigenvalue weighted by Crippen LogP contribution is 2.44. The Balaban J connectivity index is 1.64. The van der Waals surface area contributed by atoms with E-state index >= 15 is 0 Å². The number of carbonyl (C=O) groups is 1. The van der Waals surface area contributed by atoms with Crippen LogP contribution in [0.3, 0.4) is 0 Å². The predicted molar refractivity (Wildman–Crippen MR) is 96.5 cm³/mol. The second-order valence-corrected chi connectivity index (χ2v) is 7.35. The third-order valence-electron chi connectivity index (χ3n) is 5.77. The van der Waals surface area contributed by atoms with Crippen LogP contribution in [0.5, 0.6) is 5.75 Å². The van der Waals surface area contributed by atoms with Crippen molar-refractivity contribution in [2.75, 3.05) is 13.7 Å². The van der Waals surface area contributed by atoms with E-state index in [9.17, 15) is 4.79 Å². The van der Waals surface area contributed by atoms with Crippen LogP contribution >= 0.6 is 0 Å². The molecule has 4 nitrogen and oxygen atoms in total. The van der Waals surface area contributed by atoms with Crippen LogP contribution in [-0.4, -0.2) is 25.7 Å². The molecule has 0 unspecified atom stereocenters. The zero-order chi connectivity index (χ0) is 16.8. The van der Waals surface area contributed by atoms with Crippen molar-refractivity contribution in [1.82, 2.24) is 10.6 Å². The Bertz CT molecular complexity index is 546. The normalized spacial score (nSPS) is 20.5. The smallest absolute Gasteiger partial charge is 0.315 e. The number of hydrogen-bond acceptors (Lipinski definition) is 2. The van der Waals surface area contributed by atoms with Crippen molar-refractivity contribution in [3.05, 3.63) is 29.8 Å². The number of urea groups is 1. The Labute approximate surface area is 145 Å². The van der Waals surface area contributed by atoms with Gasteiger partial charge < -0.3 is 15.4 Å². The molecular weight excluding hydrogens is 300 g/mol. The molecule has 1 aromatic carbocycles. The van der Waals surface area contributed by atoms with Crippen molar-refractivity contribution < 1.29 is 9.53 Å². The maximum absolute atomic E-state index is 12.3. The van der Waals surface area contributed by atoms with E-state index in [1.165, 1.54) is 37.7 Å². The van der Waals surface area contributed by atoms with E-state index in [2.05, 4.69) is 22.8 Å². The molecule has 0 aliphatic heterocycles. The molecule has 2 N–H and O–H groups in total. The highest BCUT2D eigenvalue weighted by Gasteiger charge is 2.38. The lowest BCUT2D eigenvalue weighted by Crippen LogP contribution is -2.47. The first-order valence-corrected chi connectivity index (χ1v) is 9.41. The lowest BCUT2D eigenvalue weighted by Gasteiger charge is -2.32. The van der Waals surface area contributed by atoms with E-state index in [4.69, 9.17) is 4.74 Å². The van der Waals surface area contributed by atoms with Crippen molar-refractivity contribution in [3.8, 4) is 5.75 Å². The van der Waals surface area contributed by atoms with E-state index in [0.29, 0.717) is 12.6 Å². The maximum atomic E-state index is 12.3. The Kier molecular flexibility index (Phi) is 5.64. The molecule has 0 radical (unpaired) electrons. The minimum atomic E-state index is -0.0110. The van der Waals surface area contributed by atoms with Crippen molar-refractivity contribution in [3.63, 3.8) is 0 Å². The summed E-state index contributed by atoms with van der Waals surface area (Å²) in [5.41, 5.74) is 1.25. The molecule has 0 bridgehead atoms. The SMILES string of the molecule is COc1ccccc1C1(CNC(=O)NC2CCCCC2)CCCC1. The fraction of sp³-hybridized carbons (Fsp3) is 0.650. The summed E-state index contributed by atoms with van der Waals surface area (Å²) in [7, 11) is 1.73. The standard InChI is InChI=1S/C20H30N2O2/c1-24-18-12-6-5-11-17(18)20(13-7-8-14-20)15-21-19(23)22-16-9-3-2-4-10-16/h5-6,11-12,16H,2-4,7-10,13-15H2,1H3,(H2,21,22,23). The van der Waals surface area contributed by atoms with E-state index in [0.717, 1.165) is 31.4 Å².